The van der Waals surface area contributed by atoms with Crippen LogP contribution in [0.4, 0.5) is 10.5 Å². The molecule has 9 heteroatoms. The molecule has 150 valence electrons. The topological polar surface area (TPSA) is 94.4 Å². The van der Waals surface area contributed by atoms with Crippen LogP contribution in [-0.4, -0.2) is 35.3 Å². The summed E-state index contributed by atoms with van der Waals surface area (Å²) in [6, 6.07) is 16.2. The van der Waals surface area contributed by atoms with Gasteiger partial charge in [-0.1, -0.05) is 53.7 Å². The first-order valence-corrected chi connectivity index (χ1v) is 10.6. The summed E-state index contributed by atoms with van der Waals surface area (Å²) in [6.07, 6.45) is 3.99. The van der Waals surface area contributed by atoms with Gasteiger partial charge in [0.2, 0.25) is 0 Å². The fourth-order valence-electron chi connectivity index (χ4n) is 3.46. The van der Waals surface area contributed by atoms with Gasteiger partial charge in [0.25, 0.3) is 0 Å². The van der Waals surface area contributed by atoms with E-state index in [0.717, 1.165) is 15.4 Å². The molecule has 2 aromatic carbocycles. The number of para-hydroxylation sites is 1. The van der Waals surface area contributed by atoms with E-state index in [-0.39, 0.29) is 19.1 Å². The van der Waals surface area contributed by atoms with Crippen molar-refractivity contribution >= 4 is 21.0 Å². The highest BCUT2D eigenvalue weighted by atomic mass is 32.2. The van der Waals surface area contributed by atoms with Crippen LogP contribution >= 0.6 is 0 Å². The van der Waals surface area contributed by atoms with Gasteiger partial charge in [0.1, 0.15) is 6.61 Å². The molecule has 2 heterocycles. The summed E-state index contributed by atoms with van der Waals surface area (Å²) in [5, 5.41) is 6.49. The van der Waals surface area contributed by atoms with E-state index in [1.54, 1.807) is 53.5 Å². The van der Waals surface area contributed by atoms with Crippen molar-refractivity contribution in [3.63, 3.8) is 0 Å². The van der Waals surface area contributed by atoms with E-state index in [9.17, 15) is 13.2 Å². The van der Waals surface area contributed by atoms with Gasteiger partial charge in [-0.25, -0.2) is 4.79 Å². The summed E-state index contributed by atoms with van der Waals surface area (Å²) < 4.78 is 34.0. The van der Waals surface area contributed by atoms with Gasteiger partial charge in [0, 0.05) is 25.2 Å². The third kappa shape index (κ3) is 4.14. The standard InChI is InChI=1S/C20H20N4O4S/c25-20(28-15-16-6-2-1-3-7-16)29(26,27)24-14-17(13-23-11-10-21-22-23)12-18-8-4-5-9-19(18)24/h1-11,17H,12-15H2. The summed E-state index contributed by atoms with van der Waals surface area (Å²) in [6.45, 7) is 0.565. The second-order valence-electron chi connectivity index (χ2n) is 6.88. The van der Waals surface area contributed by atoms with Crippen LogP contribution in [0.5, 0.6) is 0 Å². The first-order chi connectivity index (χ1) is 14.0. The minimum absolute atomic E-state index is 0.0525. The Labute approximate surface area is 168 Å². The molecule has 1 aliphatic rings. The van der Waals surface area contributed by atoms with Crippen molar-refractivity contribution in [2.24, 2.45) is 5.92 Å². The number of ether oxygens (including phenoxy) is 1. The zero-order chi connectivity index (χ0) is 20.3. The quantitative estimate of drug-likeness (QED) is 0.598. The second-order valence-corrected chi connectivity index (χ2v) is 8.61. The molecule has 8 nitrogen and oxygen atoms in total. The first kappa shape index (κ1) is 19.1. The molecule has 0 radical (unpaired) electrons. The van der Waals surface area contributed by atoms with Gasteiger partial charge < -0.3 is 4.74 Å². The molecule has 1 atom stereocenters. The molecule has 0 fully saturated rings. The zero-order valence-electron chi connectivity index (χ0n) is 15.6. The van der Waals surface area contributed by atoms with E-state index in [2.05, 4.69) is 10.3 Å². The summed E-state index contributed by atoms with van der Waals surface area (Å²) in [7, 11) is -4.33. The van der Waals surface area contributed by atoms with E-state index < -0.39 is 15.3 Å². The largest absolute Gasteiger partial charge is 0.448 e. The highest BCUT2D eigenvalue weighted by Crippen LogP contribution is 2.33. The van der Waals surface area contributed by atoms with Gasteiger partial charge in [0.05, 0.1) is 11.9 Å². The highest BCUT2D eigenvalue weighted by Gasteiger charge is 2.38. The molecule has 4 rings (SSSR count). The van der Waals surface area contributed by atoms with Crippen LogP contribution in [0.2, 0.25) is 0 Å². The van der Waals surface area contributed by atoms with E-state index in [0.29, 0.717) is 18.7 Å². The van der Waals surface area contributed by atoms with Crippen molar-refractivity contribution in [1.82, 2.24) is 15.0 Å². The van der Waals surface area contributed by atoms with Gasteiger partial charge >= 0.3 is 15.3 Å². The van der Waals surface area contributed by atoms with Crippen LogP contribution in [-0.2, 0) is 34.3 Å². The van der Waals surface area contributed by atoms with Crippen LogP contribution in [0.1, 0.15) is 11.1 Å². The Morgan fingerprint density at radius 1 is 1.10 bits per heavy atom. The van der Waals surface area contributed by atoms with E-state index in [1.165, 1.54) is 0 Å². The van der Waals surface area contributed by atoms with E-state index in [1.807, 2.05) is 18.2 Å². The molecule has 3 aromatic rings. The minimum Gasteiger partial charge on any atom is -0.448 e. The van der Waals surface area contributed by atoms with E-state index >= 15 is 0 Å². The number of fused-ring (bicyclic) bond motifs is 1. The fourth-order valence-corrected chi connectivity index (χ4v) is 4.69. The number of nitrogens with zero attached hydrogens (tertiary/aromatic N) is 4. The molecule has 1 aliphatic heterocycles. The van der Waals surface area contributed by atoms with Crippen LogP contribution in [0, 0.1) is 5.92 Å². The minimum atomic E-state index is -4.33. The smallest absolute Gasteiger partial charge is 0.445 e. The predicted molar refractivity (Wildman–Crippen MR) is 107 cm³/mol. The summed E-state index contributed by atoms with van der Waals surface area (Å²) >= 11 is 0. The van der Waals surface area contributed by atoms with Crippen molar-refractivity contribution in [3.8, 4) is 0 Å². The monoisotopic (exact) mass is 412 g/mol. The molecule has 29 heavy (non-hydrogen) atoms. The Kier molecular flexibility index (Phi) is 5.30. The van der Waals surface area contributed by atoms with Crippen molar-refractivity contribution < 1.29 is 17.9 Å². The fraction of sp³-hybridized carbons (Fsp3) is 0.250. The average Bonchev–Trinajstić information content (AvgIpc) is 3.25. The molecule has 1 unspecified atom stereocenters. The average molecular weight is 412 g/mol. The van der Waals surface area contributed by atoms with Crippen LogP contribution in [0.25, 0.3) is 0 Å². The molecule has 0 saturated heterocycles. The number of carbonyl (C=O) groups excluding carboxylic acids is 1. The van der Waals surface area contributed by atoms with Crippen LogP contribution < -0.4 is 4.31 Å². The Hall–Kier alpha value is -3.20. The maximum atomic E-state index is 13.0. The SMILES string of the molecule is O=C(OCc1ccccc1)S(=O)(=O)N1CC(Cn2ccnn2)Cc2ccccc21. The maximum Gasteiger partial charge on any atom is 0.445 e. The third-order valence-corrected chi connectivity index (χ3v) is 6.28. The predicted octanol–water partition coefficient (Wildman–Crippen LogP) is 2.62. The number of benzene rings is 2. The Bertz CT molecular complexity index is 1080. The van der Waals surface area contributed by atoms with E-state index in [4.69, 9.17) is 4.74 Å². The number of anilines is 1. The number of aromatic nitrogens is 3. The molecule has 0 spiro atoms. The number of hydrogen-bond acceptors (Lipinski definition) is 6. The lowest BCUT2D eigenvalue weighted by atomic mass is 9.94. The molecular weight excluding hydrogens is 392 g/mol. The van der Waals surface area contributed by atoms with Crippen molar-refractivity contribution in [2.45, 2.75) is 19.6 Å². The lowest BCUT2D eigenvalue weighted by molar-refractivity contribution is 0.165. The number of rotatable bonds is 5. The van der Waals surface area contributed by atoms with Crippen LogP contribution in [0.15, 0.2) is 67.0 Å². The van der Waals surface area contributed by atoms with Gasteiger partial charge in [-0.2, -0.15) is 8.42 Å². The van der Waals surface area contributed by atoms with Crippen LogP contribution in [0.3, 0.4) is 0 Å². The number of carbonyl (C=O) groups is 1. The summed E-state index contributed by atoms with van der Waals surface area (Å²) in [4.78, 5) is 12.5. The Morgan fingerprint density at radius 3 is 2.62 bits per heavy atom. The molecule has 0 amide bonds. The first-order valence-electron chi connectivity index (χ1n) is 9.19. The summed E-state index contributed by atoms with van der Waals surface area (Å²) in [5.41, 5.74) is 2.10. The van der Waals surface area contributed by atoms with Gasteiger partial charge in [-0.05, 0) is 23.6 Å². The summed E-state index contributed by atoms with van der Waals surface area (Å²) in [5.74, 6) is -0.0525. The zero-order valence-corrected chi connectivity index (χ0v) is 16.4. The second kappa shape index (κ2) is 8.04. The molecule has 0 N–H and O–H groups in total. The van der Waals surface area contributed by atoms with Gasteiger partial charge in [-0.15, -0.1) is 5.10 Å². The lowest BCUT2D eigenvalue weighted by Gasteiger charge is -2.34. The van der Waals surface area contributed by atoms with Crippen molar-refractivity contribution in [3.05, 3.63) is 78.1 Å². The number of hydrogen-bond donors (Lipinski definition) is 0. The third-order valence-electron chi connectivity index (χ3n) is 4.81. The van der Waals surface area contributed by atoms with Crippen molar-refractivity contribution in [2.75, 3.05) is 10.8 Å². The Morgan fingerprint density at radius 2 is 1.86 bits per heavy atom. The van der Waals surface area contributed by atoms with Gasteiger partial charge in [-0.3, -0.25) is 8.99 Å². The maximum absolute atomic E-state index is 13.0. The molecular formula is C20H20N4O4S. The number of sulfonamides is 1. The molecule has 0 bridgehead atoms. The Balaban J connectivity index is 1.56. The molecule has 0 saturated carbocycles. The highest BCUT2D eigenvalue weighted by molar-refractivity contribution is 8.06. The molecule has 1 aromatic heterocycles. The lowest BCUT2D eigenvalue weighted by Crippen LogP contribution is -2.44. The van der Waals surface area contributed by atoms with Gasteiger partial charge in [0.15, 0.2) is 0 Å². The van der Waals surface area contributed by atoms with Crippen molar-refractivity contribution in [1.29, 1.82) is 0 Å². The molecule has 0 aliphatic carbocycles. The normalized spacial score (nSPS) is 16.3.